The Hall–Kier alpha value is 1.46. The van der Waals surface area contributed by atoms with Crippen LogP contribution in [0, 0.1) is 0 Å². The van der Waals surface area contributed by atoms with Crippen LogP contribution in [-0.4, -0.2) is 18.8 Å². The molecular formula is C5H7I3O3. The summed E-state index contributed by atoms with van der Waals surface area (Å²) in [6, 6.07) is 0. The summed E-state index contributed by atoms with van der Waals surface area (Å²) in [5.74, 6) is 0. The third-order valence-corrected chi connectivity index (χ3v) is 3.53. The smallest absolute Gasteiger partial charge is 0.438 e. The molecule has 0 saturated heterocycles. The van der Waals surface area contributed by atoms with E-state index in [1.807, 2.05) is 6.92 Å². The predicted molar refractivity (Wildman–Crippen MR) is 67.7 cm³/mol. The number of ether oxygens (including phenoxy) is 2. The number of carbonyl (C=O) groups is 1. The SMILES string of the molecule is COC(=O)OC(C)C(I)(I)I. The zero-order valence-electron chi connectivity index (χ0n) is 5.94. The van der Waals surface area contributed by atoms with Gasteiger partial charge in [-0.15, -0.1) is 0 Å². The maximum absolute atomic E-state index is 10.6. The van der Waals surface area contributed by atoms with Crippen molar-refractivity contribution in [3.05, 3.63) is 0 Å². The van der Waals surface area contributed by atoms with Crippen molar-refractivity contribution >= 4 is 73.9 Å². The van der Waals surface area contributed by atoms with Gasteiger partial charge in [0.15, 0.2) is -0.565 Å². The Morgan fingerprint density at radius 1 is 1.45 bits per heavy atom. The fraction of sp³-hybridized carbons (Fsp3) is 0.800. The Bertz CT molecular complexity index is 142. The first kappa shape index (κ1) is 12.5. The highest BCUT2D eigenvalue weighted by atomic mass is 127. The van der Waals surface area contributed by atoms with E-state index in [0.717, 1.165) is 0 Å². The second kappa shape index (κ2) is 5.25. The lowest BCUT2D eigenvalue weighted by Gasteiger charge is -2.20. The van der Waals surface area contributed by atoms with Crippen LogP contribution in [0.25, 0.3) is 0 Å². The van der Waals surface area contributed by atoms with E-state index in [9.17, 15) is 4.79 Å². The minimum Gasteiger partial charge on any atom is -0.438 e. The van der Waals surface area contributed by atoms with Crippen LogP contribution in [0.3, 0.4) is 0 Å². The van der Waals surface area contributed by atoms with E-state index in [-0.39, 0.29) is 5.54 Å². The zero-order chi connectivity index (χ0) is 9.07. The van der Waals surface area contributed by atoms with Gasteiger partial charge in [0, 0.05) is 0 Å². The summed E-state index contributed by atoms with van der Waals surface area (Å²) in [7, 11) is 1.30. The van der Waals surface area contributed by atoms with Gasteiger partial charge in [0.2, 0.25) is 0 Å². The first-order valence-electron chi connectivity index (χ1n) is 2.69. The lowest BCUT2D eigenvalue weighted by atomic mass is 10.5. The van der Waals surface area contributed by atoms with Gasteiger partial charge >= 0.3 is 6.16 Å². The molecule has 0 bridgehead atoms. The molecule has 0 aliphatic heterocycles. The van der Waals surface area contributed by atoms with Crippen molar-refractivity contribution in [3.63, 3.8) is 0 Å². The third kappa shape index (κ3) is 5.66. The topological polar surface area (TPSA) is 35.5 Å². The summed E-state index contributed by atoms with van der Waals surface area (Å²) in [5, 5.41) is 0. The molecule has 0 fully saturated rings. The molecule has 0 aromatic heterocycles. The molecule has 0 rings (SSSR count). The lowest BCUT2D eigenvalue weighted by molar-refractivity contribution is 0.0497. The van der Waals surface area contributed by atoms with E-state index in [0.29, 0.717) is 0 Å². The Balaban J connectivity index is 3.87. The molecule has 0 heterocycles. The van der Waals surface area contributed by atoms with Crippen molar-refractivity contribution in [3.8, 4) is 0 Å². The van der Waals surface area contributed by atoms with Crippen molar-refractivity contribution in [2.75, 3.05) is 7.11 Å². The van der Waals surface area contributed by atoms with Crippen molar-refractivity contribution in [2.45, 2.75) is 12.5 Å². The van der Waals surface area contributed by atoms with Gasteiger partial charge in [-0.05, 0) is 6.92 Å². The number of carbonyl (C=O) groups excluding carboxylic acids is 1. The normalized spacial score (nSPS) is 13.9. The van der Waals surface area contributed by atoms with Crippen LogP contribution < -0.4 is 0 Å². The Kier molecular flexibility index (Phi) is 5.94. The molecule has 0 N–H and O–H groups in total. The van der Waals surface area contributed by atoms with Gasteiger partial charge in [-0.3, -0.25) is 0 Å². The summed E-state index contributed by atoms with van der Waals surface area (Å²) in [5.41, 5.74) is 0. The summed E-state index contributed by atoms with van der Waals surface area (Å²) in [4.78, 5) is 10.6. The van der Waals surface area contributed by atoms with Crippen molar-refractivity contribution in [1.29, 1.82) is 0 Å². The second-order valence-electron chi connectivity index (χ2n) is 1.76. The van der Waals surface area contributed by atoms with Gasteiger partial charge in [0.25, 0.3) is 0 Å². The van der Waals surface area contributed by atoms with Crippen LogP contribution in [0.15, 0.2) is 0 Å². The van der Waals surface area contributed by atoms with E-state index in [4.69, 9.17) is 4.74 Å². The van der Waals surface area contributed by atoms with Crippen LogP contribution in [0.2, 0.25) is 0 Å². The Morgan fingerprint density at radius 2 is 1.91 bits per heavy atom. The largest absolute Gasteiger partial charge is 0.508 e. The highest BCUT2D eigenvalue weighted by Crippen LogP contribution is 2.40. The minimum atomic E-state index is -0.633. The molecule has 0 saturated carbocycles. The summed E-state index contributed by atoms with van der Waals surface area (Å²) >= 11 is 6.58. The van der Waals surface area contributed by atoms with Crippen LogP contribution in [-0.2, 0) is 9.47 Å². The van der Waals surface area contributed by atoms with Crippen LogP contribution in [0.1, 0.15) is 6.92 Å². The zero-order valence-corrected chi connectivity index (χ0v) is 12.4. The molecular weight excluding hydrogens is 489 g/mol. The number of halogens is 3. The molecule has 3 nitrogen and oxygen atoms in total. The van der Waals surface area contributed by atoms with Crippen LogP contribution in [0.5, 0.6) is 0 Å². The molecule has 0 aromatic carbocycles. The first-order chi connectivity index (χ1) is 4.88. The molecule has 66 valence electrons. The maximum atomic E-state index is 10.6. The monoisotopic (exact) mass is 496 g/mol. The van der Waals surface area contributed by atoms with Crippen molar-refractivity contribution in [1.82, 2.24) is 0 Å². The molecule has 0 spiro atoms. The average Bonchev–Trinajstić information content (AvgIpc) is 1.85. The van der Waals surface area contributed by atoms with E-state index >= 15 is 0 Å². The van der Waals surface area contributed by atoms with Crippen LogP contribution in [0.4, 0.5) is 4.79 Å². The number of rotatable bonds is 2. The van der Waals surface area contributed by atoms with E-state index < -0.39 is 6.16 Å². The number of methoxy groups -OCH3 is 1. The van der Waals surface area contributed by atoms with Crippen molar-refractivity contribution in [2.24, 2.45) is 0 Å². The third-order valence-electron chi connectivity index (χ3n) is 0.901. The molecule has 0 amide bonds. The summed E-state index contributed by atoms with van der Waals surface area (Å²) < 4.78 is 9.10. The highest BCUT2D eigenvalue weighted by Gasteiger charge is 2.29. The molecule has 0 aliphatic carbocycles. The second-order valence-corrected chi connectivity index (χ2v) is 13.1. The minimum absolute atomic E-state index is 0.124. The van der Waals surface area contributed by atoms with E-state index in [2.05, 4.69) is 72.5 Å². The predicted octanol–water partition coefficient (Wildman–Crippen LogP) is 3.12. The standard InChI is InChI=1S/C5H7I3O3/c1-3(5(6,7)8)11-4(9)10-2/h3H,1-2H3. The molecule has 1 atom stereocenters. The fourth-order valence-corrected chi connectivity index (χ4v) is 0.641. The summed E-state index contributed by atoms with van der Waals surface area (Å²) in [6.45, 7) is 1.82. The Labute approximate surface area is 106 Å². The average molecular weight is 496 g/mol. The molecule has 6 heteroatoms. The molecule has 1 unspecified atom stereocenters. The van der Waals surface area contributed by atoms with Gasteiger partial charge in [-0.25, -0.2) is 4.79 Å². The van der Waals surface area contributed by atoms with Crippen LogP contribution >= 0.6 is 67.8 Å². The van der Waals surface area contributed by atoms with E-state index in [1.54, 1.807) is 0 Å². The van der Waals surface area contributed by atoms with Gasteiger partial charge in [0.1, 0.15) is 6.10 Å². The van der Waals surface area contributed by atoms with Gasteiger partial charge < -0.3 is 9.47 Å². The summed E-state index contributed by atoms with van der Waals surface area (Å²) in [6.07, 6.45) is -0.802. The lowest BCUT2D eigenvalue weighted by Crippen LogP contribution is -2.26. The van der Waals surface area contributed by atoms with Gasteiger partial charge in [0.05, 0.1) is 7.11 Å². The van der Waals surface area contributed by atoms with E-state index in [1.165, 1.54) is 7.11 Å². The van der Waals surface area contributed by atoms with Gasteiger partial charge in [-0.2, -0.15) is 0 Å². The molecule has 0 aliphatic rings. The Morgan fingerprint density at radius 3 is 2.18 bits per heavy atom. The van der Waals surface area contributed by atoms with Gasteiger partial charge in [-0.1, -0.05) is 67.8 Å². The highest BCUT2D eigenvalue weighted by molar-refractivity contribution is 14.3. The number of hydrogen-bond acceptors (Lipinski definition) is 3. The quantitative estimate of drug-likeness (QED) is 0.335. The number of hydrogen-bond donors (Lipinski definition) is 0. The molecule has 0 aromatic rings. The molecule has 11 heavy (non-hydrogen) atoms. The van der Waals surface area contributed by atoms with Crippen molar-refractivity contribution < 1.29 is 14.3 Å². The fourth-order valence-electron chi connectivity index (χ4n) is 0.259. The maximum Gasteiger partial charge on any atom is 0.508 e. The number of alkyl halides is 3. The first-order valence-corrected chi connectivity index (χ1v) is 5.93. The molecule has 0 radical (unpaired) electrons.